The number of hydrogen-bond acceptors (Lipinski definition) is 5. The molecule has 1 aromatic heterocycles. The summed E-state index contributed by atoms with van der Waals surface area (Å²) in [5.74, 6) is 0.0809. The summed E-state index contributed by atoms with van der Waals surface area (Å²) in [6, 6.07) is 18.9. The quantitative estimate of drug-likeness (QED) is 0.737. The van der Waals surface area contributed by atoms with E-state index in [9.17, 15) is 4.79 Å². The van der Waals surface area contributed by atoms with Crippen LogP contribution in [0, 0.1) is 11.3 Å². The second kappa shape index (κ2) is 8.08. The molecule has 1 amide bonds. The molecule has 0 aliphatic rings. The molecule has 0 saturated heterocycles. The summed E-state index contributed by atoms with van der Waals surface area (Å²) in [5, 5.41) is 12.3. The van der Waals surface area contributed by atoms with Gasteiger partial charge in [0, 0.05) is 17.5 Å². The summed E-state index contributed by atoms with van der Waals surface area (Å²) in [7, 11) is 0. The SMILES string of the molecule is N#Cc1ccccc1OCC(=O)Nc1ncc(Cc2ccccc2)s1. The van der Waals surface area contributed by atoms with Crippen LogP contribution in [0.3, 0.4) is 0 Å². The number of para-hydroxylation sites is 1. The van der Waals surface area contributed by atoms with Crippen molar-refractivity contribution in [1.82, 2.24) is 4.98 Å². The molecule has 3 rings (SSSR count). The zero-order valence-corrected chi connectivity index (χ0v) is 14.1. The summed E-state index contributed by atoms with van der Waals surface area (Å²) in [5.41, 5.74) is 1.59. The molecule has 0 atom stereocenters. The normalized spacial score (nSPS) is 10.0. The average molecular weight is 349 g/mol. The fourth-order valence-electron chi connectivity index (χ4n) is 2.23. The summed E-state index contributed by atoms with van der Waals surface area (Å²) in [6.07, 6.45) is 2.54. The van der Waals surface area contributed by atoms with Crippen LogP contribution in [-0.2, 0) is 11.2 Å². The minimum Gasteiger partial charge on any atom is -0.482 e. The lowest BCUT2D eigenvalue weighted by molar-refractivity contribution is -0.118. The van der Waals surface area contributed by atoms with Crippen molar-refractivity contribution in [2.45, 2.75) is 6.42 Å². The van der Waals surface area contributed by atoms with Crippen LogP contribution in [0.2, 0.25) is 0 Å². The van der Waals surface area contributed by atoms with Gasteiger partial charge in [-0.2, -0.15) is 5.26 Å². The second-order valence-electron chi connectivity index (χ2n) is 5.24. The molecule has 0 bridgehead atoms. The lowest BCUT2D eigenvalue weighted by Crippen LogP contribution is -2.20. The lowest BCUT2D eigenvalue weighted by atomic mass is 10.1. The maximum atomic E-state index is 12.0. The van der Waals surface area contributed by atoms with Gasteiger partial charge in [0.2, 0.25) is 0 Å². The number of nitrogens with zero attached hydrogens (tertiary/aromatic N) is 2. The number of benzene rings is 2. The Morgan fingerprint density at radius 1 is 1.16 bits per heavy atom. The molecule has 0 aliphatic carbocycles. The van der Waals surface area contributed by atoms with E-state index >= 15 is 0 Å². The van der Waals surface area contributed by atoms with Crippen LogP contribution in [0.5, 0.6) is 5.75 Å². The number of carbonyl (C=O) groups excluding carboxylic acids is 1. The fraction of sp³-hybridized carbons (Fsp3) is 0.105. The highest BCUT2D eigenvalue weighted by atomic mass is 32.1. The zero-order chi connectivity index (χ0) is 17.5. The Morgan fingerprint density at radius 2 is 1.92 bits per heavy atom. The molecule has 25 heavy (non-hydrogen) atoms. The third-order valence-corrected chi connectivity index (χ3v) is 4.30. The number of anilines is 1. The highest BCUT2D eigenvalue weighted by Gasteiger charge is 2.09. The molecule has 6 heteroatoms. The maximum Gasteiger partial charge on any atom is 0.264 e. The van der Waals surface area contributed by atoms with Gasteiger partial charge < -0.3 is 4.74 Å². The molecule has 0 radical (unpaired) electrons. The molecule has 0 saturated carbocycles. The maximum absolute atomic E-state index is 12.0. The number of rotatable bonds is 6. The first-order chi connectivity index (χ1) is 12.2. The van der Waals surface area contributed by atoms with Crippen LogP contribution in [0.1, 0.15) is 16.0 Å². The molecule has 3 aromatic rings. The van der Waals surface area contributed by atoms with E-state index in [4.69, 9.17) is 10.00 Å². The standard InChI is InChI=1S/C19H15N3O2S/c20-11-15-8-4-5-9-17(15)24-13-18(23)22-19-21-12-16(25-19)10-14-6-2-1-3-7-14/h1-9,12H,10,13H2,(H,21,22,23). The molecule has 124 valence electrons. The number of nitrogens with one attached hydrogen (secondary N) is 1. The largest absolute Gasteiger partial charge is 0.482 e. The van der Waals surface area contributed by atoms with E-state index in [1.165, 1.54) is 16.9 Å². The molecule has 0 spiro atoms. The predicted octanol–water partition coefficient (Wildman–Crippen LogP) is 3.62. The smallest absolute Gasteiger partial charge is 0.264 e. The highest BCUT2D eigenvalue weighted by Crippen LogP contribution is 2.21. The summed E-state index contributed by atoms with van der Waals surface area (Å²) in [4.78, 5) is 17.3. The average Bonchev–Trinajstić information content (AvgIpc) is 3.07. The summed E-state index contributed by atoms with van der Waals surface area (Å²) in [6.45, 7) is -0.174. The summed E-state index contributed by atoms with van der Waals surface area (Å²) < 4.78 is 5.41. The van der Waals surface area contributed by atoms with Crippen molar-refractivity contribution in [3.63, 3.8) is 0 Å². The van der Waals surface area contributed by atoms with E-state index < -0.39 is 0 Å². The summed E-state index contributed by atoms with van der Waals surface area (Å²) >= 11 is 1.43. The van der Waals surface area contributed by atoms with Crippen molar-refractivity contribution >= 4 is 22.4 Å². The Kier molecular flexibility index (Phi) is 5.39. The number of ether oxygens (including phenoxy) is 1. The Balaban J connectivity index is 1.54. The van der Waals surface area contributed by atoms with Crippen molar-refractivity contribution in [3.8, 4) is 11.8 Å². The lowest BCUT2D eigenvalue weighted by Gasteiger charge is -2.06. The van der Waals surface area contributed by atoms with Gasteiger partial charge in [-0.15, -0.1) is 11.3 Å². The van der Waals surface area contributed by atoms with Crippen LogP contribution >= 0.6 is 11.3 Å². The molecule has 2 aromatic carbocycles. The first-order valence-electron chi connectivity index (χ1n) is 7.65. The Labute approximate surface area is 149 Å². The number of thiazole rings is 1. The fourth-order valence-corrected chi connectivity index (χ4v) is 3.09. The molecule has 1 N–H and O–H groups in total. The van der Waals surface area contributed by atoms with Crippen LogP contribution in [0.15, 0.2) is 60.8 Å². The van der Waals surface area contributed by atoms with Gasteiger partial charge in [-0.1, -0.05) is 42.5 Å². The van der Waals surface area contributed by atoms with Gasteiger partial charge in [-0.05, 0) is 17.7 Å². The third kappa shape index (κ3) is 4.66. The second-order valence-corrected chi connectivity index (χ2v) is 6.35. The molecule has 0 fully saturated rings. The number of carbonyl (C=O) groups is 1. The van der Waals surface area contributed by atoms with Crippen molar-refractivity contribution in [2.24, 2.45) is 0 Å². The molecule has 0 unspecified atom stereocenters. The van der Waals surface area contributed by atoms with Gasteiger partial charge >= 0.3 is 0 Å². The zero-order valence-electron chi connectivity index (χ0n) is 13.3. The Morgan fingerprint density at radius 3 is 2.72 bits per heavy atom. The molecular weight excluding hydrogens is 334 g/mol. The number of amides is 1. The van der Waals surface area contributed by atoms with Crippen LogP contribution < -0.4 is 10.1 Å². The van der Waals surface area contributed by atoms with Crippen molar-refractivity contribution in [2.75, 3.05) is 11.9 Å². The predicted molar refractivity (Wildman–Crippen MR) is 96.6 cm³/mol. The molecular formula is C19H15N3O2S. The first kappa shape index (κ1) is 16.7. The van der Waals surface area contributed by atoms with Gasteiger partial charge in [0.15, 0.2) is 11.7 Å². The van der Waals surface area contributed by atoms with Crippen molar-refractivity contribution in [3.05, 3.63) is 76.8 Å². The van der Waals surface area contributed by atoms with Gasteiger partial charge in [0.05, 0.1) is 5.56 Å². The van der Waals surface area contributed by atoms with Crippen LogP contribution in [-0.4, -0.2) is 17.5 Å². The van der Waals surface area contributed by atoms with Gasteiger partial charge in [0.1, 0.15) is 11.8 Å². The van der Waals surface area contributed by atoms with E-state index in [2.05, 4.69) is 22.4 Å². The molecule has 0 aliphatic heterocycles. The Bertz CT molecular complexity index is 900. The monoisotopic (exact) mass is 349 g/mol. The van der Waals surface area contributed by atoms with E-state index in [1.807, 2.05) is 24.3 Å². The molecule has 1 heterocycles. The number of nitriles is 1. The van der Waals surface area contributed by atoms with E-state index in [0.29, 0.717) is 16.4 Å². The minimum absolute atomic E-state index is 0.174. The van der Waals surface area contributed by atoms with E-state index in [1.54, 1.807) is 30.5 Å². The van der Waals surface area contributed by atoms with E-state index in [-0.39, 0.29) is 12.5 Å². The topological polar surface area (TPSA) is 75.0 Å². The minimum atomic E-state index is -0.312. The first-order valence-corrected chi connectivity index (χ1v) is 8.46. The number of aromatic nitrogens is 1. The van der Waals surface area contributed by atoms with E-state index in [0.717, 1.165) is 11.3 Å². The van der Waals surface area contributed by atoms with Crippen LogP contribution in [0.4, 0.5) is 5.13 Å². The van der Waals surface area contributed by atoms with Gasteiger partial charge in [-0.3, -0.25) is 10.1 Å². The van der Waals surface area contributed by atoms with Crippen molar-refractivity contribution < 1.29 is 9.53 Å². The third-order valence-electron chi connectivity index (χ3n) is 3.39. The molecule has 5 nitrogen and oxygen atoms in total. The van der Waals surface area contributed by atoms with Gasteiger partial charge in [0.25, 0.3) is 5.91 Å². The van der Waals surface area contributed by atoms with Crippen LogP contribution in [0.25, 0.3) is 0 Å². The number of hydrogen-bond donors (Lipinski definition) is 1. The highest BCUT2D eigenvalue weighted by molar-refractivity contribution is 7.15. The van der Waals surface area contributed by atoms with Gasteiger partial charge in [-0.25, -0.2) is 4.98 Å². The van der Waals surface area contributed by atoms with Crippen molar-refractivity contribution in [1.29, 1.82) is 5.26 Å². The Hall–Kier alpha value is -3.17.